The third-order valence-corrected chi connectivity index (χ3v) is 4.26. The molecular weight excluding hydrogens is 296 g/mol. The van der Waals surface area contributed by atoms with E-state index in [4.69, 9.17) is 22.1 Å². The van der Waals surface area contributed by atoms with Gasteiger partial charge >= 0.3 is 0 Å². The van der Waals surface area contributed by atoms with Gasteiger partial charge in [-0.1, -0.05) is 11.6 Å². The van der Waals surface area contributed by atoms with Gasteiger partial charge in [0, 0.05) is 22.2 Å². The number of nitrogen functional groups attached to an aromatic ring is 1. The second kappa shape index (κ2) is 5.60. The summed E-state index contributed by atoms with van der Waals surface area (Å²) in [5, 5.41) is 4.41. The van der Waals surface area contributed by atoms with Gasteiger partial charge in [0.2, 0.25) is 0 Å². The fourth-order valence-electron chi connectivity index (χ4n) is 2.02. The molecule has 2 aromatic rings. The number of nitrogens with one attached hydrogen (secondary N) is 1. The molecule has 20 heavy (non-hydrogen) atoms. The van der Waals surface area contributed by atoms with Gasteiger partial charge in [-0.05, 0) is 32.0 Å². The summed E-state index contributed by atoms with van der Waals surface area (Å²) in [6, 6.07) is 5.42. The summed E-state index contributed by atoms with van der Waals surface area (Å²) in [6.45, 7) is 4.22. The van der Waals surface area contributed by atoms with Crippen LogP contribution < -0.4 is 11.1 Å². The van der Waals surface area contributed by atoms with E-state index in [2.05, 4.69) is 5.32 Å². The van der Waals surface area contributed by atoms with Crippen molar-refractivity contribution in [3.63, 3.8) is 0 Å². The van der Waals surface area contributed by atoms with Crippen LogP contribution in [0.2, 0.25) is 5.02 Å². The number of fused-ring (bicyclic) bond motifs is 1. The fraction of sp³-hybridized carbons (Fsp3) is 0.357. The fourth-order valence-corrected chi connectivity index (χ4v) is 3.31. The zero-order valence-electron chi connectivity index (χ0n) is 11.6. The Morgan fingerprint density at radius 3 is 2.85 bits per heavy atom. The molecule has 0 spiro atoms. The molecule has 0 atom stereocenters. The van der Waals surface area contributed by atoms with Crippen LogP contribution in [0.15, 0.2) is 18.2 Å². The number of amides is 1. The van der Waals surface area contributed by atoms with E-state index in [9.17, 15) is 4.79 Å². The molecule has 108 valence electrons. The predicted molar refractivity (Wildman–Crippen MR) is 84.7 cm³/mol. The summed E-state index contributed by atoms with van der Waals surface area (Å²) >= 11 is 7.30. The average molecular weight is 313 g/mol. The summed E-state index contributed by atoms with van der Waals surface area (Å²) < 4.78 is 6.00. The van der Waals surface area contributed by atoms with Crippen LogP contribution in [-0.4, -0.2) is 25.2 Å². The lowest BCUT2D eigenvalue weighted by Gasteiger charge is -2.24. The van der Waals surface area contributed by atoms with Crippen LogP contribution in [0, 0.1) is 0 Å². The van der Waals surface area contributed by atoms with Crippen LogP contribution in [-0.2, 0) is 4.74 Å². The first-order chi connectivity index (χ1) is 9.34. The average Bonchev–Trinajstić information content (AvgIpc) is 2.65. The first kappa shape index (κ1) is 15.1. The summed E-state index contributed by atoms with van der Waals surface area (Å²) in [6.07, 6.45) is 0. The highest BCUT2D eigenvalue weighted by molar-refractivity contribution is 7.21. The van der Waals surface area contributed by atoms with Crippen molar-refractivity contribution in [1.29, 1.82) is 0 Å². The van der Waals surface area contributed by atoms with Crippen molar-refractivity contribution in [1.82, 2.24) is 5.32 Å². The lowest BCUT2D eigenvalue weighted by atomic mass is 10.1. The van der Waals surface area contributed by atoms with Gasteiger partial charge in [-0.15, -0.1) is 11.3 Å². The predicted octanol–water partition coefficient (Wildman–Crippen LogP) is 3.29. The van der Waals surface area contributed by atoms with Crippen molar-refractivity contribution >= 4 is 44.6 Å². The number of benzene rings is 1. The minimum atomic E-state index is -0.452. The number of halogens is 1. The number of thiophene rings is 1. The Kier molecular flexibility index (Phi) is 4.22. The van der Waals surface area contributed by atoms with Gasteiger partial charge in [0.05, 0.1) is 17.8 Å². The first-order valence-electron chi connectivity index (χ1n) is 6.13. The summed E-state index contributed by atoms with van der Waals surface area (Å²) in [7, 11) is 1.60. The van der Waals surface area contributed by atoms with Crippen molar-refractivity contribution in [3.05, 3.63) is 28.1 Å². The minimum Gasteiger partial charge on any atom is -0.397 e. The Morgan fingerprint density at radius 2 is 2.20 bits per heavy atom. The lowest BCUT2D eigenvalue weighted by Crippen LogP contribution is -2.46. The molecule has 0 aliphatic rings. The molecule has 1 aromatic carbocycles. The van der Waals surface area contributed by atoms with Crippen LogP contribution in [0.1, 0.15) is 23.5 Å². The van der Waals surface area contributed by atoms with Crippen LogP contribution >= 0.6 is 22.9 Å². The van der Waals surface area contributed by atoms with Crippen LogP contribution in [0.3, 0.4) is 0 Å². The molecule has 0 saturated carbocycles. The minimum absolute atomic E-state index is 0.193. The van der Waals surface area contributed by atoms with Crippen molar-refractivity contribution in [2.45, 2.75) is 19.4 Å². The second-order valence-electron chi connectivity index (χ2n) is 5.26. The number of anilines is 1. The summed E-state index contributed by atoms with van der Waals surface area (Å²) in [5.74, 6) is -0.193. The highest BCUT2D eigenvalue weighted by Gasteiger charge is 2.24. The van der Waals surface area contributed by atoms with Crippen LogP contribution in [0.25, 0.3) is 10.1 Å². The summed E-state index contributed by atoms with van der Waals surface area (Å²) in [4.78, 5) is 12.8. The van der Waals surface area contributed by atoms with Gasteiger partial charge in [0.15, 0.2) is 0 Å². The van der Waals surface area contributed by atoms with Crippen LogP contribution in [0.5, 0.6) is 0 Å². The maximum absolute atomic E-state index is 12.3. The number of carbonyl (C=O) groups excluding carboxylic acids is 1. The van der Waals surface area contributed by atoms with Gasteiger partial charge in [-0.2, -0.15) is 0 Å². The highest BCUT2D eigenvalue weighted by atomic mass is 35.5. The molecule has 4 nitrogen and oxygen atoms in total. The van der Waals surface area contributed by atoms with Gasteiger partial charge in [-0.3, -0.25) is 4.79 Å². The van der Waals surface area contributed by atoms with Gasteiger partial charge < -0.3 is 15.8 Å². The van der Waals surface area contributed by atoms with Gasteiger partial charge in [0.25, 0.3) is 5.91 Å². The molecule has 0 unspecified atom stereocenters. The SMILES string of the molecule is COCC(C)(C)NC(=O)c1sc2cc(Cl)ccc2c1N. The van der Waals surface area contributed by atoms with E-state index < -0.39 is 5.54 Å². The molecule has 0 radical (unpaired) electrons. The van der Waals surface area contributed by atoms with E-state index >= 15 is 0 Å². The number of carbonyl (C=O) groups is 1. The van der Waals surface area contributed by atoms with E-state index in [-0.39, 0.29) is 5.91 Å². The van der Waals surface area contributed by atoms with Gasteiger partial charge in [0.1, 0.15) is 4.88 Å². The van der Waals surface area contributed by atoms with E-state index in [1.54, 1.807) is 13.2 Å². The zero-order chi connectivity index (χ0) is 14.9. The van der Waals surface area contributed by atoms with Crippen molar-refractivity contribution in [3.8, 4) is 0 Å². The molecule has 2 rings (SSSR count). The standard InChI is InChI=1S/C14H17ClN2O2S/c1-14(2,7-19-3)17-13(18)12-11(16)9-5-4-8(15)6-10(9)20-12/h4-6H,7,16H2,1-3H3,(H,17,18). The maximum Gasteiger partial charge on any atom is 0.264 e. The Labute approximate surface area is 126 Å². The third-order valence-electron chi connectivity index (χ3n) is 2.85. The molecular formula is C14H17ClN2O2S. The monoisotopic (exact) mass is 312 g/mol. The van der Waals surface area contributed by atoms with Crippen molar-refractivity contribution < 1.29 is 9.53 Å². The van der Waals surface area contributed by atoms with E-state index in [0.717, 1.165) is 10.1 Å². The molecule has 6 heteroatoms. The molecule has 0 aliphatic heterocycles. The van der Waals surface area contributed by atoms with E-state index in [1.165, 1.54) is 11.3 Å². The topological polar surface area (TPSA) is 64.3 Å². The number of nitrogens with two attached hydrogens (primary N) is 1. The normalized spacial score (nSPS) is 11.8. The molecule has 0 fully saturated rings. The Hall–Kier alpha value is -1.30. The molecule has 1 aromatic heterocycles. The largest absolute Gasteiger partial charge is 0.397 e. The Morgan fingerprint density at radius 1 is 1.50 bits per heavy atom. The Balaban J connectivity index is 2.33. The molecule has 1 heterocycles. The number of ether oxygens (including phenoxy) is 1. The Bertz CT molecular complexity index is 652. The highest BCUT2D eigenvalue weighted by Crippen LogP contribution is 2.35. The first-order valence-corrected chi connectivity index (χ1v) is 7.32. The number of hydrogen-bond donors (Lipinski definition) is 2. The van der Waals surface area contributed by atoms with Crippen molar-refractivity contribution in [2.75, 3.05) is 19.5 Å². The number of hydrogen-bond acceptors (Lipinski definition) is 4. The second-order valence-corrected chi connectivity index (χ2v) is 6.74. The van der Waals surface area contributed by atoms with Crippen LogP contribution in [0.4, 0.5) is 5.69 Å². The number of rotatable bonds is 4. The molecule has 1 amide bonds. The number of methoxy groups -OCH3 is 1. The van der Waals surface area contributed by atoms with E-state index in [0.29, 0.717) is 22.2 Å². The maximum atomic E-state index is 12.3. The molecule has 0 saturated heterocycles. The lowest BCUT2D eigenvalue weighted by molar-refractivity contribution is 0.0824. The van der Waals surface area contributed by atoms with Gasteiger partial charge in [-0.25, -0.2) is 0 Å². The van der Waals surface area contributed by atoms with E-state index in [1.807, 2.05) is 26.0 Å². The molecule has 0 aliphatic carbocycles. The zero-order valence-corrected chi connectivity index (χ0v) is 13.2. The molecule has 0 bridgehead atoms. The third kappa shape index (κ3) is 3.06. The quantitative estimate of drug-likeness (QED) is 0.910. The molecule has 3 N–H and O–H groups in total. The smallest absolute Gasteiger partial charge is 0.264 e. The van der Waals surface area contributed by atoms with Crippen molar-refractivity contribution in [2.24, 2.45) is 0 Å². The summed E-state index contributed by atoms with van der Waals surface area (Å²) in [5.41, 5.74) is 6.10.